The van der Waals surface area contributed by atoms with Crippen molar-refractivity contribution in [1.29, 1.82) is 0 Å². The van der Waals surface area contributed by atoms with E-state index in [2.05, 4.69) is 5.16 Å². The molecule has 0 spiro atoms. The van der Waals surface area contributed by atoms with Gasteiger partial charge in [-0.3, -0.25) is 10.1 Å². The first-order valence-electron chi connectivity index (χ1n) is 6.88. The predicted molar refractivity (Wildman–Crippen MR) is 84.9 cm³/mol. The van der Waals surface area contributed by atoms with Gasteiger partial charge in [-0.2, -0.15) is 0 Å². The quantitative estimate of drug-likeness (QED) is 0.377. The first-order chi connectivity index (χ1) is 11.1. The molecule has 2 aromatic carbocycles. The van der Waals surface area contributed by atoms with Crippen LogP contribution in [0.4, 0.5) is 5.69 Å². The highest BCUT2D eigenvalue weighted by atomic mass is 16.7. The van der Waals surface area contributed by atoms with Crippen LogP contribution in [0.25, 0.3) is 6.08 Å². The summed E-state index contributed by atoms with van der Waals surface area (Å²) >= 11 is 0. The van der Waals surface area contributed by atoms with Crippen LogP contribution in [0.2, 0.25) is 0 Å². The minimum Gasteiger partial charge on any atom is -0.312 e. The van der Waals surface area contributed by atoms with Crippen LogP contribution in [-0.2, 0) is 9.63 Å². The fourth-order valence-electron chi connectivity index (χ4n) is 2.29. The van der Waals surface area contributed by atoms with Gasteiger partial charge < -0.3 is 4.84 Å². The molecule has 114 valence electrons. The highest BCUT2D eigenvalue weighted by Crippen LogP contribution is 2.24. The molecular formula is C17H12N2O4. The van der Waals surface area contributed by atoms with E-state index in [0.717, 1.165) is 5.56 Å². The van der Waals surface area contributed by atoms with E-state index >= 15 is 0 Å². The van der Waals surface area contributed by atoms with Gasteiger partial charge in [-0.05, 0) is 18.6 Å². The number of rotatable bonds is 3. The van der Waals surface area contributed by atoms with E-state index in [9.17, 15) is 14.9 Å². The number of carbonyl (C=O) groups excluding carboxylic acids is 1. The molecule has 1 aliphatic rings. The van der Waals surface area contributed by atoms with Crippen LogP contribution < -0.4 is 0 Å². The average Bonchev–Trinajstić information content (AvgIpc) is 2.91. The van der Waals surface area contributed by atoms with Crippen LogP contribution in [0.5, 0.6) is 0 Å². The zero-order valence-corrected chi connectivity index (χ0v) is 12.2. The molecule has 0 aliphatic carbocycles. The third-order valence-electron chi connectivity index (χ3n) is 3.48. The Kier molecular flexibility index (Phi) is 3.72. The molecule has 0 saturated heterocycles. The maximum Gasteiger partial charge on any atom is 0.368 e. The Morgan fingerprint density at radius 1 is 1.17 bits per heavy atom. The van der Waals surface area contributed by atoms with Crippen LogP contribution >= 0.6 is 0 Å². The van der Waals surface area contributed by atoms with Gasteiger partial charge in [0.15, 0.2) is 0 Å². The van der Waals surface area contributed by atoms with Crippen molar-refractivity contribution in [2.45, 2.75) is 6.92 Å². The monoisotopic (exact) mass is 308 g/mol. The number of hydrogen-bond acceptors (Lipinski definition) is 5. The Hall–Kier alpha value is -3.28. The zero-order valence-electron chi connectivity index (χ0n) is 12.2. The first kappa shape index (κ1) is 14.6. The number of aryl methyl sites for hydroxylation is 1. The normalized spacial score (nSPS) is 15.4. The van der Waals surface area contributed by atoms with Gasteiger partial charge in [0.1, 0.15) is 5.71 Å². The summed E-state index contributed by atoms with van der Waals surface area (Å²) in [4.78, 5) is 27.2. The second-order valence-corrected chi connectivity index (χ2v) is 5.05. The lowest BCUT2D eigenvalue weighted by molar-refractivity contribution is -0.385. The fourth-order valence-corrected chi connectivity index (χ4v) is 2.29. The third-order valence-corrected chi connectivity index (χ3v) is 3.48. The predicted octanol–water partition coefficient (Wildman–Crippen LogP) is 3.25. The molecule has 2 aromatic rings. The van der Waals surface area contributed by atoms with Crippen LogP contribution in [-0.4, -0.2) is 16.6 Å². The van der Waals surface area contributed by atoms with Crippen molar-refractivity contribution in [2.75, 3.05) is 0 Å². The largest absolute Gasteiger partial charge is 0.368 e. The highest BCUT2D eigenvalue weighted by Gasteiger charge is 2.26. The third kappa shape index (κ3) is 2.87. The molecule has 6 nitrogen and oxygen atoms in total. The molecule has 0 radical (unpaired) electrons. The maximum absolute atomic E-state index is 11.9. The summed E-state index contributed by atoms with van der Waals surface area (Å²) in [6.45, 7) is 1.66. The molecule has 0 fully saturated rings. The van der Waals surface area contributed by atoms with Crippen molar-refractivity contribution >= 4 is 23.4 Å². The molecule has 3 rings (SSSR count). The Balaban J connectivity index is 2.04. The number of nitro benzene ring substituents is 1. The van der Waals surface area contributed by atoms with E-state index < -0.39 is 10.9 Å². The number of benzene rings is 2. The van der Waals surface area contributed by atoms with Gasteiger partial charge in [-0.25, -0.2) is 4.79 Å². The SMILES string of the molecule is Cc1ccc(/C=C2\C(=O)ON=C2c2ccccc2)cc1[N+](=O)[O-]. The molecule has 0 saturated carbocycles. The van der Waals surface area contributed by atoms with Gasteiger partial charge in [0.2, 0.25) is 0 Å². The Bertz CT molecular complexity index is 854. The number of hydrogen-bond donors (Lipinski definition) is 0. The van der Waals surface area contributed by atoms with Crippen molar-refractivity contribution in [2.24, 2.45) is 5.16 Å². The van der Waals surface area contributed by atoms with Crippen molar-refractivity contribution in [3.05, 3.63) is 80.9 Å². The molecular weight excluding hydrogens is 296 g/mol. The van der Waals surface area contributed by atoms with Crippen LogP contribution in [0, 0.1) is 17.0 Å². The number of carbonyl (C=O) groups is 1. The Morgan fingerprint density at radius 3 is 2.61 bits per heavy atom. The standard InChI is InChI=1S/C17H12N2O4/c1-11-7-8-12(10-15(11)19(21)22)9-14-16(18-23-17(14)20)13-5-3-2-4-6-13/h2-10H,1H3/b14-9-. The summed E-state index contributed by atoms with van der Waals surface area (Å²) in [5, 5.41) is 14.8. The van der Waals surface area contributed by atoms with Crippen LogP contribution in [0.15, 0.2) is 59.3 Å². The van der Waals surface area contributed by atoms with Gasteiger partial charge in [0, 0.05) is 17.2 Å². The minimum absolute atomic E-state index is 0.00362. The Labute approximate surface area is 131 Å². The van der Waals surface area contributed by atoms with Crippen molar-refractivity contribution in [1.82, 2.24) is 0 Å². The molecule has 0 N–H and O–H groups in total. The van der Waals surface area contributed by atoms with Gasteiger partial charge in [-0.1, -0.05) is 47.6 Å². The lowest BCUT2D eigenvalue weighted by atomic mass is 10.00. The molecule has 0 bridgehead atoms. The molecule has 0 aromatic heterocycles. The van der Waals surface area contributed by atoms with E-state index in [1.807, 2.05) is 30.3 Å². The fraction of sp³-hybridized carbons (Fsp3) is 0.0588. The highest BCUT2D eigenvalue weighted by molar-refractivity contribution is 6.31. The lowest BCUT2D eigenvalue weighted by Crippen LogP contribution is -2.06. The Morgan fingerprint density at radius 2 is 1.91 bits per heavy atom. The summed E-state index contributed by atoms with van der Waals surface area (Å²) in [5.74, 6) is -0.577. The second kappa shape index (κ2) is 5.84. The maximum atomic E-state index is 11.9. The van der Waals surface area contributed by atoms with Gasteiger partial charge in [-0.15, -0.1) is 0 Å². The topological polar surface area (TPSA) is 81.8 Å². The number of nitro groups is 1. The van der Waals surface area contributed by atoms with E-state index in [0.29, 0.717) is 16.8 Å². The van der Waals surface area contributed by atoms with Gasteiger partial charge in [0.25, 0.3) is 5.69 Å². The molecule has 6 heteroatoms. The lowest BCUT2D eigenvalue weighted by Gasteiger charge is -2.02. The molecule has 0 atom stereocenters. The van der Waals surface area contributed by atoms with Crippen molar-refractivity contribution in [3.63, 3.8) is 0 Å². The van der Waals surface area contributed by atoms with Crippen LogP contribution in [0.3, 0.4) is 0 Å². The molecule has 0 amide bonds. The average molecular weight is 308 g/mol. The summed E-state index contributed by atoms with van der Waals surface area (Å²) in [6.07, 6.45) is 1.55. The summed E-state index contributed by atoms with van der Waals surface area (Å²) in [6, 6.07) is 13.9. The second-order valence-electron chi connectivity index (χ2n) is 5.05. The first-order valence-corrected chi connectivity index (χ1v) is 6.88. The van der Waals surface area contributed by atoms with Crippen molar-refractivity contribution in [3.8, 4) is 0 Å². The van der Waals surface area contributed by atoms with Crippen molar-refractivity contribution < 1.29 is 14.6 Å². The summed E-state index contributed by atoms with van der Waals surface area (Å²) in [7, 11) is 0. The molecule has 1 aliphatic heterocycles. The molecule has 0 unspecified atom stereocenters. The van der Waals surface area contributed by atoms with Gasteiger partial charge >= 0.3 is 5.97 Å². The minimum atomic E-state index is -0.577. The zero-order chi connectivity index (χ0) is 16.4. The number of oxime groups is 1. The molecule has 1 heterocycles. The smallest absolute Gasteiger partial charge is 0.312 e. The van der Waals surface area contributed by atoms with Gasteiger partial charge in [0.05, 0.1) is 10.5 Å². The van der Waals surface area contributed by atoms with E-state index in [4.69, 9.17) is 4.84 Å². The summed E-state index contributed by atoms with van der Waals surface area (Å²) < 4.78 is 0. The molecule has 23 heavy (non-hydrogen) atoms. The van der Waals surface area contributed by atoms with E-state index in [1.165, 1.54) is 6.07 Å². The van der Waals surface area contributed by atoms with Crippen LogP contribution in [0.1, 0.15) is 16.7 Å². The summed E-state index contributed by atoms with van der Waals surface area (Å²) in [5.41, 5.74) is 2.53. The van der Waals surface area contributed by atoms with E-state index in [-0.39, 0.29) is 11.3 Å². The number of nitrogens with zero attached hydrogens (tertiary/aromatic N) is 2. The van der Waals surface area contributed by atoms with E-state index in [1.54, 1.807) is 25.1 Å².